The van der Waals surface area contributed by atoms with Gasteiger partial charge in [0, 0.05) is 25.2 Å². The summed E-state index contributed by atoms with van der Waals surface area (Å²) < 4.78 is 4.83. The van der Waals surface area contributed by atoms with Gasteiger partial charge in [-0.2, -0.15) is 4.99 Å². The lowest BCUT2D eigenvalue weighted by Gasteiger charge is -2.16. The highest BCUT2D eigenvalue weighted by Gasteiger charge is 2.33. The number of thioether (sulfide) groups is 1. The minimum absolute atomic E-state index is 0.0345. The van der Waals surface area contributed by atoms with Crippen LogP contribution >= 0.6 is 11.8 Å². The Bertz CT molecular complexity index is 815. The molecule has 2 aliphatic rings. The minimum atomic E-state index is -0.604. The number of rotatable bonds is 6. The summed E-state index contributed by atoms with van der Waals surface area (Å²) in [6, 6.07) is 6.14. The maximum Gasteiger partial charge on any atom is 0.338 e. The summed E-state index contributed by atoms with van der Waals surface area (Å²) in [6.45, 7) is 2.86. The van der Waals surface area contributed by atoms with Crippen LogP contribution in [0.3, 0.4) is 0 Å². The van der Waals surface area contributed by atoms with Crippen LogP contribution in [0.5, 0.6) is 0 Å². The van der Waals surface area contributed by atoms with E-state index < -0.39 is 11.2 Å². The third-order valence-corrected chi connectivity index (χ3v) is 5.50. The summed E-state index contributed by atoms with van der Waals surface area (Å²) in [5.41, 5.74) is 0.786. The van der Waals surface area contributed by atoms with Gasteiger partial charge in [-0.1, -0.05) is 11.8 Å². The predicted molar refractivity (Wildman–Crippen MR) is 105 cm³/mol. The Kier molecular flexibility index (Phi) is 6.45. The van der Waals surface area contributed by atoms with Crippen LogP contribution in [0.4, 0.5) is 5.69 Å². The lowest BCUT2D eigenvalue weighted by atomic mass is 10.2. The number of amidine groups is 1. The number of ether oxygens (including phenoxy) is 1. The van der Waals surface area contributed by atoms with E-state index in [1.807, 2.05) is 0 Å². The van der Waals surface area contributed by atoms with Gasteiger partial charge in [0.2, 0.25) is 5.91 Å². The number of nitrogens with one attached hydrogen (secondary N) is 1. The van der Waals surface area contributed by atoms with Crippen LogP contribution in [0.25, 0.3) is 0 Å². The first-order chi connectivity index (χ1) is 13.4. The lowest BCUT2D eigenvalue weighted by molar-refractivity contribution is -0.121. The highest BCUT2D eigenvalue weighted by molar-refractivity contribution is 8.15. The second-order valence-corrected chi connectivity index (χ2v) is 7.81. The van der Waals surface area contributed by atoms with E-state index in [2.05, 4.69) is 15.2 Å². The van der Waals surface area contributed by atoms with Crippen molar-refractivity contribution in [3.63, 3.8) is 0 Å². The van der Waals surface area contributed by atoms with E-state index in [9.17, 15) is 19.2 Å². The van der Waals surface area contributed by atoms with E-state index in [4.69, 9.17) is 4.74 Å². The largest absolute Gasteiger partial charge is 0.454 e. The molecule has 9 heteroatoms. The fourth-order valence-corrected chi connectivity index (χ4v) is 3.99. The molecular weight excluding hydrogens is 382 g/mol. The number of ketones is 1. The molecule has 1 aromatic rings. The lowest BCUT2D eigenvalue weighted by Crippen LogP contribution is -2.25. The Hall–Kier alpha value is -2.68. The van der Waals surface area contributed by atoms with Gasteiger partial charge in [0.1, 0.15) is 11.9 Å². The normalized spacial score (nSPS) is 18.8. The van der Waals surface area contributed by atoms with Crippen LogP contribution in [0.2, 0.25) is 0 Å². The molecule has 1 saturated heterocycles. The third kappa shape index (κ3) is 5.19. The smallest absolute Gasteiger partial charge is 0.338 e. The van der Waals surface area contributed by atoms with Crippen LogP contribution in [-0.2, 0) is 19.1 Å². The molecule has 1 fully saturated rings. The molecule has 0 unspecified atom stereocenters. The number of hydrogen-bond donors (Lipinski definition) is 1. The summed E-state index contributed by atoms with van der Waals surface area (Å²) in [7, 11) is 0. The summed E-state index contributed by atoms with van der Waals surface area (Å²) in [6.07, 6.45) is 2.22. The van der Waals surface area contributed by atoms with Crippen molar-refractivity contribution in [2.75, 3.05) is 25.0 Å². The fraction of sp³-hybridized carbons (Fsp3) is 0.421. The van der Waals surface area contributed by atoms with Crippen molar-refractivity contribution >= 4 is 46.2 Å². The van der Waals surface area contributed by atoms with Crippen LogP contribution in [0, 0.1) is 0 Å². The topological polar surface area (TPSA) is 105 Å². The number of aliphatic imine (C=N–C) groups is 1. The molecule has 1 aromatic carbocycles. The number of hydrogen-bond acceptors (Lipinski definition) is 7. The van der Waals surface area contributed by atoms with Crippen LogP contribution in [0.1, 0.15) is 36.5 Å². The molecule has 1 N–H and O–H groups in total. The molecule has 2 amide bonds. The van der Waals surface area contributed by atoms with Crippen molar-refractivity contribution in [3.05, 3.63) is 29.8 Å². The number of anilines is 1. The van der Waals surface area contributed by atoms with Gasteiger partial charge in [-0.05, 0) is 44.0 Å². The zero-order valence-corrected chi connectivity index (χ0v) is 16.3. The first-order valence-corrected chi connectivity index (χ1v) is 9.91. The summed E-state index contributed by atoms with van der Waals surface area (Å²) in [5.74, 6) is -1.41. The second kappa shape index (κ2) is 9.01. The molecule has 0 spiro atoms. The van der Waals surface area contributed by atoms with Gasteiger partial charge < -0.3 is 15.0 Å². The Morgan fingerprint density at radius 3 is 2.54 bits per heavy atom. The quantitative estimate of drug-likeness (QED) is 0.723. The SMILES string of the molecule is CC(=O)COC(=O)c1ccc(NC(=O)C[C@@H]2SC(N3CCCC3)=NC2=O)cc1. The zero-order valence-electron chi connectivity index (χ0n) is 15.5. The van der Waals surface area contributed by atoms with Gasteiger partial charge in [-0.25, -0.2) is 4.79 Å². The molecule has 28 heavy (non-hydrogen) atoms. The molecule has 2 heterocycles. The van der Waals surface area contributed by atoms with Gasteiger partial charge in [-0.15, -0.1) is 0 Å². The van der Waals surface area contributed by atoms with Crippen LogP contribution in [0.15, 0.2) is 29.3 Å². The van der Waals surface area contributed by atoms with Crippen LogP contribution < -0.4 is 5.32 Å². The van der Waals surface area contributed by atoms with Gasteiger partial charge in [0.15, 0.2) is 11.0 Å². The average Bonchev–Trinajstić information content (AvgIpc) is 3.30. The van der Waals surface area contributed by atoms with Crippen molar-refractivity contribution in [3.8, 4) is 0 Å². The van der Waals surface area contributed by atoms with Gasteiger partial charge in [0.05, 0.1) is 5.56 Å². The predicted octanol–water partition coefficient (Wildman–Crippen LogP) is 1.85. The molecular formula is C19H21N3O5S. The molecule has 0 saturated carbocycles. The van der Waals surface area contributed by atoms with Crippen molar-refractivity contribution in [2.24, 2.45) is 4.99 Å². The highest BCUT2D eigenvalue weighted by Crippen LogP contribution is 2.29. The average molecular weight is 403 g/mol. The van der Waals surface area contributed by atoms with Gasteiger partial charge in [0.25, 0.3) is 5.91 Å². The Balaban J connectivity index is 1.49. The zero-order chi connectivity index (χ0) is 20.1. The first-order valence-electron chi connectivity index (χ1n) is 9.03. The van der Waals surface area contributed by atoms with E-state index in [-0.39, 0.29) is 36.2 Å². The van der Waals surface area contributed by atoms with Gasteiger partial charge in [-0.3, -0.25) is 14.4 Å². The number of carbonyl (C=O) groups is 4. The Morgan fingerprint density at radius 2 is 1.89 bits per heavy atom. The summed E-state index contributed by atoms with van der Waals surface area (Å²) in [4.78, 5) is 53.1. The molecule has 0 aromatic heterocycles. The molecule has 1 atom stereocenters. The highest BCUT2D eigenvalue weighted by atomic mass is 32.2. The number of amides is 2. The second-order valence-electron chi connectivity index (χ2n) is 6.64. The van der Waals surface area contributed by atoms with Crippen molar-refractivity contribution in [1.82, 2.24) is 4.90 Å². The number of esters is 1. The minimum Gasteiger partial charge on any atom is -0.454 e. The van der Waals surface area contributed by atoms with Crippen molar-refractivity contribution in [1.29, 1.82) is 0 Å². The molecule has 0 bridgehead atoms. The fourth-order valence-electron chi connectivity index (χ4n) is 2.87. The first kappa shape index (κ1) is 20.1. The number of Topliss-reactive ketones (excluding diaryl/α,β-unsaturated/α-hetero) is 1. The van der Waals surface area contributed by atoms with E-state index in [0.29, 0.717) is 10.9 Å². The van der Waals surface area contributed by atoms with Crippen LogP contribution in [-0.4, -0.2) is 58.6 Å². The van der Waals surface area contributed by atoms with E-state index in [1.54, 1.807) is 12.1 Å². The number of benzene rings is 1. The summed E-state index contributed by atoms with van der Waals surface area (Å²) >= 11 is 1.35. The van der Waals surface area contributed by atoms with Gasteiger partial charge >= 0.3 is 5.97 Å². The maximum absolute atomic E-state index is 12.3. The maximum atomic E-state index is 12.3. The van der Waals surface area contributed by atoms with Crippen molar-refractivity contribution in [2.45, 2.75) is 31.4 Å². The Labute approximate surface area is 166 Å². The molecule has 148 valence electrons. The molecule has 8 nitrogen and oxygen atoms in total. The van der Waals surface area contributed by atoms with E-state index in [0.717, 1.165) is 25.9 Å². The van der Waals surface area contributed by atoms with Crippen molar-refractivity contribution < 1.29 is 23.9 Å². The third-order valence-electron chi connectivity index (χ3n) is 4.29. The number of carbonyl (C=O) groups excluding carboxylic acids is 4. The molecule has 3 rings (SSSR count). The Morgan fingerprint density at radius 1 is 1.21 bits per heavy atom. The molecule has 0 radical (unpaired) electrons. The number of nitrogens with zero attached hydrogens (tertiary/aromatic N) is 2. The standard InChI is InChI=1S/C19H21N3O5S/c1-12(23)11-27-18(26)13-4-6-14(7-5-13)20-16(24)10-15-17(25)21-19(28-15)22-8-2-3-9-22/h4-7,15H,2-3,8-11H2,1H3,(H,20,24)/t15-/m0/s1. The van der Waals surface area contributed by atoms with E-state index in [1.165, 1.54) is 30.8 Å². The molecule has 2 aliphatic heterocycles. The monoisotopic (exact) mass is 403 g/mol. The van der Waals surface area contributed by atoms with E-state index >= 15 is 0 Å². The number of likely N-dealkylation sites (tertiary alicyclic amines) is 1. The summed E-state index contributed by atoms with van der Waals surface area (Å²) in [5, 5.41) is 2.93. The molecule has 0 aliphatic carbocycles.